The minimum atomic E-state index is -0.647. The maximum Gasteiger partial charge on any atom is 0.410 e. The predicted octanol–water partition coefficient (Wildman–Crippen LogP) is 2.50. The molecule has 1 aromatic heterocycles. The van der Waals surface area contributed by atoms with Gasteiger partial charge >= 0.3 is 11.8 Å². The summed E-state index contributed by atoms with van der Waals surface area (Å²) in [7, 11) is 2.13. The van der Waals surface area contributed by atoms with Crippen LogP contribution in [0.2, 0.25) is 0 Å². The molecule has 38 heavy (non-hydrogen) atoms. The van der Waals surface area contributed by atoms with Crippen LogP contribution in [-0.4, -0.2) is 94.2 Å². The number of ether oxygens (including phenoxy) is 2. The van der Waals surface area contributed by atoms with E-state index in [4.69, 9.17) is 9.47 Å². The first-order chi connectivity index (χ1) is 18.2. The number of amides is 1. The number of carbonyl (C=O) groups is 1. The Hall–Kier alpha value is -3.86. The molecule has 0 aliphatic carbocycles. The molecule has 0 spiro atoms. The second-order valence-corrected chi connectivity index (χ2v) is 10.3. The van der Waals surface area contributed by atoms with Gasteiger partial charge in [0.2, 0.25) is 0 Å². The molecule has 0 saturated carbocycles. The number of piperazine rings is 1. The molecule has 2 aromatic carbocycles. The van der Waals surface area contributed by atoms with Crippen molar-refractivity contribution in [1.29, 1.82) is 0 Å². The Morgan fingerprint density at radius 1 is 0.921 bits per heavy atom. The standard InChI is InChI=1S/C27H37N7O4/c1-27(2,3)38-26(36)32(20-21-37-24-8-6-5-7-9-24)18-19-33-25(35)34(29-28-33)23-12-10-22(11-13-23)31-16-14-30(4)15-17-31/h5-13H,14-21H2,1-4H3. The fourth-order valence-corrected chi connectivity index (χ4v) is 4.07. The molecule has 1 aliphatic rings. The van der Waals surface area contributed by atoms with Gasteiger partial charge < -0.3 is 24.2 Å². The van der Waals surface area contributed by atoms with Crippen LogP contribution in [0.15, 0.2) is 59.4 Å². The van der Waals surface area contributed by atoms with Crippen molar-refractivity contribution >= 4 is 11.8 Å². The molecule has 4 rings (SSSR count). The van der Waals surface area contributed by atoms with Crippen molar-refractivity contribution in [3.8, 4) is 11.4 Å². The Labute approximate surface area is 223 Å². The van der Waals surface area contributed by atoms with E-state index in [1.165, 1.54) is 14.3 Å². The molecule has 11 nitrogen and oxygen atoms in total. The number of anilines is 1. The number of para-hydroxylation sites is 1. The molecular formula is C27H37N7O4. The van der Waals surface area contributed by atoms with Crippen LogP contribution < -0.4 is 15.3 Å². The minimum Gasteiger partial charge on any atom is -0.492 e. The molecule has 1 aliphatic heterocycles. The van der Waals surface area contributed by atoms with E-state index < -0.39 is 11.7 Å². The highest BCUT2D eigenvalue weighted by atomic mass is 16.6. The van der Waals surface area contributed by atoms with Crippen molar-refractivity contribution in [1.82, 2.24) is 29.6 Å². The molecule has 0 radical (unpaired) electrons. The van der Waals surface area contributed by atoms with Crippen LogP contribution in [0.1, 0.15) is 20.8 Å². The molecule has 1 amide bonds. The lowest BCUT2D eigenvalue weighted by Gasteiger charge is -2.34. The van der Waals surface area contributed by atoms with E-state index in [9.17, 15) is 9.59 Å². The van der Waals surface area contributed by atoms with Crippen LogP contribution >= 0.6 is 0 Å². The van der Waals surface area contributed by atoms with Crippen LogP contribution in [0.25, 0.3) is 5.69 Å². The fourth-order valence-electron chi connectivity index (χ4n) is 4.07. The van der Waals surface area contributed by atoms with Crippen molar-refractivity contribution in [2.45, 2.75) is 32.9 Å². The summed E-state index contributed by atoms with van der Waals surface area (Å²) >= 11 is 0. The molecule has 0 bridgehead atoms. The van der Waals surface area contributed by atoms with Gasteiger partial charge in [-0.3, -0.25) is 0 Å². The monoisotopic (exact) mass is 523 g/mol. The van der Waals surface area contributed by atoms with Crippen molar-refractivity contribution in [3.63, 3.8) is 0 Å². The van der Waals surface area contributed by atoms with Gasteiger partial charge in [-0.15, -0.1) is 0 Å². The van der Waals surface area contributed by atoms with E-state index >= 15 is 0 Å². The molecular weight excluding hydrogens is 486 g/mol. The normalized spacial score (nSPS) is 14.4. The fraction of sp³-hybridized carbons (Fsp3) is 0.481. The molecule has 0 atom stereocenters. The van der Waals surface area contributed by atoms with Gasteiger partial charge in [0.1, 0.15) is 18.0 Å². The number of rotatable bonds is 9. The Bertz CT molecular complexity index is 1230. The number of carbonyl (C=O) groups excluding carboxylic acids is 1. The smallest absolute Gasteiger partial charge is 0.410 e. The maximum absolute atomic E-state index is 13.0. The molecule has 0 N–H and O–H groups in total. The summed E-state index contributed by atoms with van der Waals surface area (Å²) in [5, 5.41) is 8.10. The largest absolute Gasteiger partial charge is 0.492 e. The van der Waals surface area contributed by atoms with Crippen LogP contribution in [0.5, 0.6) is 5.75 Å². The lowest BCUT2D eigenvalue weighted by Crippen LogP contribution is -2.44. The summed E-state index contributed by atoms with van der Waals surface area (Å²) in [4.78, 5) is 32.0. The average Bonchev–Trinajstić information content (AvgIpc) is 3.26. The van der Waals surface area contributed by atoms with Gasteiger partial charge in [0.25, 0.3) is 0 Å². The quantitative estimate of drug-likeness (QED) is 0.422. The lowest BCUT2D eigenvalue weighted by atomic mass is 10.2. The highest BCUT2D eigenvalue weighted by molar-refractivity contribution is 5.68. The molecule has 204 valence electrons. The molecule has 0 unspecified atom stereocenters. The third-order valence-electron chi connectivity index (χ3n) is 6.21. The van der Waals surface area contributed by atoms with E-state index in [2.05, 4.69) is 27.3 Å². The third kappa shape index (κ3) is 7.34. The number of nitrogens with zero attached hydrogens (tertiary/aromatic N) is 7. The van der Waals surface area contributed by atoms with Gasteiger partial charge in [-0.25, -0.2) is 9.59 Å². The highest BCUT2D eigenvalue weighted by Crippen LogP contribution is 2.18. The second-order valence-electron chi connectivity index (χ2n) is 10.3. The van der Waals surface area contributed by atoms with Gasteiger partial charge in [0, 0.05) is 38.4 Å². The maximum atomic E-state index is 13.0. The van der Waals surface area contributed by atoms with E-state index in [1.54, 1.807) is 0 Å². The summed E-state index contributed by atoms with van der Waals surface area (Å²) in [6.45, 7) is 10.4. The molecule has 3 aromatic rings. The van der Waals surface area contributed by atoms with E-state index in [-0.39, 0.29) is 25.4 Å². The van der Waals surface area contributed by atoms with Crippen LogP contribution in [0.3, 0.4) is 0 Å². The van der Waals surface area contributed by atoms with Crippen LogP contribution in [-0.2, 0) is 11.3 Å². The molecule has 1 fully saturated rings. The highest BCUT2D eigenvalue weighted by Gasteiger charge is 2.23. The summed E-state index contributed by atoms with van der Waals surface area (Å²) in [6, 6.07) is 17.1. The van der Waals surface area contributed by atoms with Crippen molar-refractivity contribution in [2.24, 2.45) is 0 Å². The Morgan fingerprint density at radius 3 is 2.24 bits per heavy atom. The van der Waals surface area contributed by atoms with Crippen molar-refractivity contribution in [2.75, 3.05) is 57.8 Å². The van der Waals surface area contributed by atoms with Gasteiger partial charge in [0.05, 0.1) is 18.8 Å². The summed E-state index contributed by atoms with van der Waals surface area (Å²) in [6.07, 6.45) is -0.478. The number of likely N-dealkylation sites (N-methyl/N-ethyl adjacent to an activating group) is 1. The third-order valence-corrected chi connectivity index (χ3v) is 6.21. The van der Waals surface area contributed by atoms with E-state index in [0.29, 0.717) is 12.2 Å². The Kier molecular flexibility index (Phi) is 8.67. The van der Waals surface area contributed by atoms with E-state index in [0.717, 1.165) is 37.6 Å². The Balaban J connectivity index is 1.39. The number of hydrogen-bond acceptors (Lipinski definition) is 8. The Morgan fingerprint density at radius 2 is 1.58 bits per heavy atom. The topological polar surface area (TPSA) is 98.0 Å². The van der Waals surface area contributed by atoms with Crippen LogP contribution in [0, 0.1) is 0 Å². The number of hydrogen-bond donors (Lipinski definition) is 0. The average molecular weight is 524 g/mol. The van der Waals surface area contributed by atoms with Gasteiger partial charge in [0.15, 0.2) is 0 Å². The molecule has 2 heterocycles. The second kappa shape index (κ2) is 12.1. The van der Waals surface area contributed by atoms with Crippen LogP contribution in [0.4, 0.5) is 10.5 Å². The first kappa shape index (κ1) is 27.2. The summed E-state index contributed by atoms with van der Waals surface area (Å²) in [5.41, 5.74) is 0.737. The van der Waals surface area contributed by atoms with Crippen molar-refractivity contribution < 1.29 is 14.3 Å². The van der Waals surface area contributed by atoms with Gasteiger partial charge in [-0.1, -0.05) is 18.2 Å². The molecule has 1 saturated heterocycles. The zero-order chi connectivity index (χ0) is 27.1. The number of benzene rings is 2. The first-order valence-electron chi connectivity index (χ1n) is 12.9. The lowest BCUT2D eigenvalue weighted by molar-refractivity contribution is 0.0217. The first-order valence-corrected chi connectivity index (χ1v) is 12.9. The minimum absolute atomic E-state index is 0.169. The summed E-state index contributed by atoms with van der Waals surface area (Å²) < 4.78 is 13.8. The van der Waals surface area contributed by atoms with Gasteiger partial charge in [-0.05, 0) is 74.6 Å². The SMILES string of the molecule is CN1CCN(c2ccc(-n3nnn(CCN(CCOc4ccccc4)C(=O)OC(C)(C)C)c3=O)cc2)CC1. The predicted molar refractivity (Wildman–Crippen MR) is 145 cm³/mol. The molecule has 11 heteroatoms. The number of tetrazole rings is 1. The summed E-state index contributed by atoms with van der Waals surface area (Å²) in [5.74, 6) is 0.717. The van der Waals surface area contributed by atoms with Crippen molar-refractivity contribution in [3.05, 3.63) is 65.1 Å². The number of aromatic nitrogens is 4. The zero-order valence-electron chi connectivity index (χ0n) is 22.6. The van der Waals surface area contributed by atoms with Gasteiger partial charge in [-0.2, -0.15) is 9.36 Å². The van der Waals surface area contributed by atoms with E-state index in [1.807, 2.05) is 75.4 Å². The zero-order valence-corrected chi connectivity index (χ0v) is 22.6.